The third-order valence-electron chi connectivity index (χ3n) is 5.69. The van der Waals surface area contributed by atoms with Crippen LogP contribution in [0, 0.1) is 0 Å². The minimum atomic E-state index is -0.994. The number of carbonyl (C=O) groups excluding carboxylic acids is 4. The maximum absolute atomic E-state index is 12.8. The Morgan fingerprint density at radius 1 is 1.02 bits per heavy atom. The second kappa shape index (κ2) is 13.8. The molecule has 3 aromatic rings. The Hall–Kier alpha value is -4.87. The summed E-state index contributed by atoms with van der Waals surface area (Å²) in [5, 5.41) is 5.33. The molecule has 1 aromatic carbocycles. The minimum absolute atomic E-state index is 0.0224. The SMILES string of the molecule is CCOC(=O)CC[C@H](NC(=O)c1ccc(/C=C(\C)c2cnc3nc(NC(C)=O)[nH]c(=O)c3c2)cc1)C(=O)OCC. The van der Waals surface area contributed by atoms with Crippen LogP contribution in [0.15, 0.2) is 41.3 Å². The smallest absolute Gasteiger partial charge is 0.328 e. The fourth-order valence-electron chi connectivity index (χ4n) is 3.76. The molecule has 12 nitrogen and oxygen atoms in total. The van der Waals surface area contributed by atoms with E-state index < -0.39 is 29.4 Å². The highest BCUT2D eigenvalue weighted by molar-refractivity contribution is 5.97. The van der Waals surface area contributed by atoms with E-state index in [4.69, 9.17) is 9.47 Å². The van der Waals surface area contributed by atoms with Crippen molar-refractivity contribution in [3.05, 3.63) is 63.6 Å². The zero-order chi connectivity index (χ0) is 29.2. The molecular formula is C28H31N5O7. The zero-order valence-electron chi connectivity index (χ0n) is 22.7. The van der Waals surface area contributed by atoms with Crippen LogP contribution in [0.25, 0.3) is 22.7 Å². The molecule has 210 valence electrons. The molecule has 2 heterocycles. The largest absolute Gasteiger partial charge is 0.466 e. The van der Waals surface area contributed by atoms with Crippen molar-refractivity contribution in [3.8, 4) is 0 Å². The normalized spacial score (nSPS) is 11.9. The highest BCUT2D eigenvalue weighted by Gasteiger charge is 2.24. The maximum Gasteiger partial charge on any atom is 0.328 e. The fraction of sp³-hybridized carbons (Fsp3) is 0.321. The monoisotopic (exact) mass is 549 g/mol. The van der Waals surface area contributed by atoms with Crippen molar-refractivity contribution in [1.29, 1.82) is 0 Å². The molecule has 0 unspecified atom stereocenters. The number of hydrogen-bond donors (Lipinski definition) is 3. The Kier molecular flexibility index (Phi) is 10.2. The Balaban J connectivity index is 1.73. The molecule has 0 aliphatic rings. The Labute approximate surface area is 230 Å². The second-order valence-electron chi connectivity index (χ2n) is 8.76. The van der Waals surface area contributed by atoms with Crippen LogP contribution in [0.2, 0.25) is 0 Å². The topological polar surface area (TPSA) is 169 Å². The van der Waals surface area contributed by atoms with Gasteiger partial charge in [-0.25, -0.2) is 9.78 Å². The number of fused-ring (bicyclic) bond motifs is 1. The summed E-state index contributed by atoms with van der Waals surface area (Å²) in [6.07, 6.45) is 3.45. The summed E-state index contributed by atoms with van der Waals surface area (Å²) in [4.78, 5) is 71.5. The third-order valence-corrected chi connectivity index (χ3v) is 5.69. The van der Waals surface area contributed by atoms with Gasteiger partial charge in [-0.05, 0) is 62.1 Å². The fourth-order valence-corrected chi connectivity index (χ4v) is 3.76. The third kappa shape index (κ3) is 8.06. The van der Waals surface area contributed by atoms with Crippen LogP contribution in [0.5, 0.6) is 0 Å². The van der Waals surface area contributed by atoms with Crippen LogP contribution in [0.1, 0.15) is 62.0 Å². The predicted molar refractivity (Wildman–Crippen MR) is 148 cm³/mol. The Bertz CT molecular complexity index is 1500. The highest BCUT2D eigenvalue weighted by atomic mass is 16.5. The molecule has 12 heteroatoms. The van der Waals surface area contributed by atoms with E-state index in [1.165, 1.54) is 6.92 Å². The summed E-state index contributed by atoms with van der Waals surface area (Å²) in [5.74, 6) is -1.92. The van der Waals surface area contributed by atoms with E-state index in [1.54, 1.807) is 50.4 Å². The molecule has 3 N–H and O–H groups in total. The van der Waals surface area contributed by atoms with E-state index in [9.17, 15) is 24.0 Å². The predicted octanol–water partition coefficient (Wildman–Crippen LogP) is 2.84. The van der Waals surface area contributed by atoms with Gasteiger partial charge in [0.15, 0.2) is 5.65 Å². The number of ether oxygens (including phenoxy) is 2. The van der Waals surface area contributed by atoms with Crippen molar-refractivity contribution in [2.24, 2.45) is 0 Å². The quantitative estimate of drug-likeness (QED) is 0.304. The number of benzene rings is 1. The van der Waals surface area contributed by atoms with Crippen molar-refractivity contribution in [1.82, 2.24) is 20.3 Å². The van der Waals surface area contributed by atoms with Gasteiger partial charge in [-0.1, -0.05) is 18.2 Å². The van der Waals surface area contributed by atoms with Gasteiger partial charge in [0.2, 0.25) is 11.9 Å². The number of pyridine rings is 1. The highest BCUT2D eigenvalue weighted by Crippen LogP contribution is 2.20. The summed E-state index contributed by atoms with van der Waals surface area (Å²) < 4.78 is 9.93. The van der Waals surface area contributed by atoms with Gasteiger partial charge in [0.25, 0.3) is 11.5 Å². The van der Waals surface area contributed by atoms with Gasteiger partial charge in [0.1, 0.15) is 6.04 Å². The van der Waals surface area contributed by atoms with E-state index >= 15 is 0 Å². The van der Waals surface area contributed by atoms with Gasteiger partial charge in [-0.2, -0.15) is 4.98 Å². The molecular weight excluding hydrogens is 518 g/mol. The average Bonchev–Trinajstić information content (AvgIpc) is 2.91. The summed E-state index contributed by atoms with van der Waals surface area (Å²) >= 11 is 0. The summed E-state index contributed by atoms with van der Waals surface area (Å²) in [6.45, 7) is 6.87. The number of esters is 2. The first-order valence-corrected chi connectivity index (χ1v) is 12.7. The van der Waals surface area contributed by atoms with Gasteiger partial charge < -0.3 is 14.8 Å². The summed E-state index contributed by atoms with van der Waals surface area (Å²) in [7, 11) is 0. The lowest BCUT2D eigenvalue weighted by molar-refractivity contribution is -0.146. The molecule has 0 aliphatic carbocycles. The van der Waals surface area contributed by atoms with Crippen molar-refractivity contribution >= 4 is 52.4 Å². The standard InChI is InChI=1S/C28H31N5O7/c1-5-39-23(35)12-11-22(27(38)40-6-2)31-25(36)19-9-7-18(8-10-19)13-16(3)20-14-21-24(29-15-20)32-28(30-17(4)34)33-26(21)37/h7-10,13-15,22H,5-6,11-12H2,1-4H3,(H,31,36)(H2,29,30,32,33,34,37)/b16-13+/t22-/m0/s1. The van der Waals surface area contributed by atoms with Crippen molar-refractivity contribution < 1.29 is 28.7 Å². The van der Waals surface area contributed by atoms with Crippen LogP contribution in [-0.4, -0.2) is 58.0 Å². The number of carbonyl (C=O) groups is 4. The molecule has 2 aromatic heterocycles. The first-order valence-electron chi connectivity index (χ1n) is 12.7. The van der Waals surface area contributed by atoms with Gasteiger partial charge >= 0.3 is 11.9 Å². The molecule has 3 rings (SSSR count). The number of rotatable bonds is 11. The Morgan fingerprint density at radius 2 is 1.73 bits per heavy atom. The van der Waals surface area contributed by atoms with Gasteiger partial charge in [-0.3, -0.25) is 29.5 Å². The van der Waals surface area contributed by atoms with Crippen LogP contribution >= 0.6 is 0 Å². The van der Waals surface area contributed by atoms with Gasteiger partial charge in [0, 0.05) is 25.1 Å². The summed E-state index contributed by atoms with van der Waals surface area (Å²) in [6, 6.07) is 7.35. The number of aromatic nitrogens is 3. The number of nitrogens with zero attached hydrogens (tertiary/aromatic N) is 2. The maximum atomic E-state index is 12.8. The number of H-pyrrole nitrogens is 1. The molecule has 0 fully saturated rings. The van der Waals surface area contributed by atoms with Crippen LogP contribution < -0.4 is 16.2 Å². The number of anilines is 1. The van der Waals surface area contributed by atoms with Crippen molar-refractivity contribution in [2.75, 3.05) is 18.5 Å². The number of allylic oxidation sites excluding steroid dienone is 1. The lowest BCUT2D eigenvalue weighted by Crippen LogP contribution is -2.42. The lowest BCUT2D eigenvalue weighted by atomic mass is 10.0. The molecule has 0 spiro atoms. The minimum Gasteiger partial charge on any atom is -0.466 e. The van der Waals surface area contributed by atoms with Crippen LogP contribution in [-0.2, 0) is 23.9 Å². The van der Waals surface area contributed by atoms with Crippen molar-refractivity contribution in [3.63, 3.8) is 0 Å². The molecule has 2 amide bonds. The van der Waals surface area contributed by atoms with E-state index in [1.807, 2.05) is 13.0 Å². The molecule has 0 saturated heterocycles. The van der Waals surface area contributed by atoms with Crippen LogP contribution in [0.3, 0.4) is 0 Å². The van der Waals surface area contributed by atoms with Gasteiger partial charge in [-0.15, -0.1) is 0 Å². The van der Waals surface area contributed by atoms with Crippen LogP contribution in [0.4, 0.5) is 5.95 Å². The number of nitrogens with one attached hydrogen (secondary N) is 3. The first-order chi connectivity index (χ1) is 19.1. The van der Waals surface area contributed by atoms with Gasteiger partial charge in [0.05, 0.1) is 18.6 Å². The molecule has 40 heavy (non-hydrogen) atoms. The zero-order valence-corrected chi connectivity index (χ0v) is 22.7. The van der Waals surface area contributed by atoms with Crippen molar-refractivity contribution in [2.45, 2.75) is 46.6 Å². The summed E-state index contributed by atoms with van der Waals surface area (Å²) in [5.41, 5.74) is 2.36. The van der Waals surface area contributed by atoms with E-state index in [0.717, 1.165) is 11.1 Å². The van der Waals surface area contributed by atoms with E-state index in [-0.39, 0.29) is 48.9 Å². The molecule has 0 saturated carbocycles. The molecule has 1 atom stereocenters. The lowest BCUT2D eigenvalue weighted by Gasteiger charge is -2.17. The number of amides is 2. The van der Waals surface area contributed by atoms with E-state index in [2.05, 4.69) is 25.6 Å². The Morgan fingerprint density at radius 3 is 2.38 bits per heavy atom. The number of hydrogen-bond acceptors (Lipinski definition) is 9. The number of aromatic amines is 1. The first kappa shape index (κ1) is 29.7. The molecule has 0 radical (unpaired) electrons. The molecule has 0 aliphatic heterocycles. The molecule has 0 bridgehead atoms. The second-order valence-corrected chi connectivity index (χ2v) is 8.76. The van der Waals surface area contributed by atoms with E-state index in [0.29, 0.717) is 11.1 Å². The average molecular weight is 550 g/mol.